The highest BCUT2D eigenvalue weighted by Crippen LogP contribution is 2.23. The maximum atomic E-state index is 13.4. The number of esters is 1. The lowest BCUT2D eigenvalue weighted by Gasteiger charge is -2.26. The summed E-state index contributed by atoms with van der Waals surface area (Å²) >= 11 is 0. The number of hydrogen-bond donors (Lipinski definition) is 2. The van der Waals surface area contributed by atoms with Crippen molar-refractivity contribution in [3.63, 3.8) is 0 Å². The Morgan fingerprint density at radius 3 is 2.28 bits per heavy atom. The standard InChI is InChI=1S/C32H40N2O5/c1-3-12-26(21-30(36)34-19-11-18-28(34)22-35)31(37)33-29(25-16-9-6-10-17-25)23-39-32(38)27(13-4-2)20-24-14-7-5-8-15-24/h3-10,14-17,26-29,35H,1-2,11-13,18-23H2,(H,33,37)/t26-,27+,28-,29+/m0/s1. The minimum atomic E-state index is -0.622. The molecule has 39 heavy (non-hydrogen) atoms. The van der Waals surface area contributed by atoms with Crippen LogP contribution in [0.4, 0.5) is 0 Å². The second-order valence-electron chi connectivity index (χ2n) is 10.0. The maximum Gasteiger partial charge on any atom is 0.309 e. The Morgan fingerprint density at radius 2 is 1.64 bits per heavy atom. The number of allylic oxidation sites excluding steroid dienone is 2. The summed E-state index contributed by atoms with van der Waals surface area (Å²) in [5.41, 5.74) is 1.83. The molecule has 1 fully saturated rings. The zero-order valence-corrected chi connectivity index (χ0v) is 22.5. The third kappa shape index (κ3) is 8.93. The van der Waals surface area contributed by atoms with Crippen molar-refractivity contribution < 1.29 is 24.2 Å². The molecule has 4 atom stereocenters. The van der Waals surface area contributed by atoms with Crippen molar-refractivity contribution in [2.45, 2.75) is 50.6 Å². The molecule has 2 aromatic carbocycles. The molecular weight excluding hydrogens is 492 g/mol. The number of aliphatic hydroxyl groups excluding tert-OH is 1. The number of nitrogens with one attached hydrogen (secondary N) is 1. The largest absolute Gasteiger partial charge is 0.463 e. The molecule has 3 rings (SSSR count). The van der Waals surface area contributed by atoms with E-state index in [1.54, 1.807) is 17.1 Å². The second kappa shape index (κ2) is 15.6. The van der Waals surface area contributed by atoms with Crippen LogP contribution in [-0.4, -0.2) is 53.6 Å². The molecule has 1 aliphatic rings. The van der Waals surface area contributed by atoms with Gasteiger partial charge < -0.3 is 20.1 Å². The normalized spacial score (nSPS) is 17.1. The molecule has 0 unspecified atom stereocenters. The van der Waals surface area contributed by atoms with E-state index in [2.05, 4.69) is 18.5 Å². The molecule has 0 spiro atoms. The number of amides is 2. The number of hydrogen-bond acceptors (Lipinski definition) is 5. The highest BCUT2D eigenvalue weighted by molar-refractivity contribution is 5.86. The van der Waals surface area contributed by atoms with Gasteiger partial charge in [-0.25, -0.2) is 0 Å². The lowest BCUT2D eigenvalue weighted by atomic mass is 9.96. The molecular formula is C32H40N2O5. The average molecular weight is 533 g/mol. The summed E-state index contributed by atoms with van der Waals surface area (Å²) < 4.78 is 5.75. The van der Waals surface area contributed by atoms with Gasteiger partial charge >= 0.3 is 5.97 Å². The maximum absolute atomic E-state index is 13.4. The summed E-state index contributed by atoms with van der Waals surface area (Å²) in [6, 6.07) is 18.3. The Morgan fingerprint density at radius 1 is 1.00 bits per heavy atom. The minimum absolute atomic E-state index is 0.0220. The molecule has 1 heterocycles. The van der Waals surface area contributed by atoms with E-state index in [1.165, 1.54) is 0 Å². The van der Waals surface area contributed by atoms with Gasteiger partial charge in [-0.1, -0.05) is 72.8 Å². The number of nitrogens with zero attached hydrogens (tertiary/aromatic N) is 1. The van der Waals surface area contributed by atoms with Gasteiger partial charge in [0, 0.05) is 13.0 Å². The van der Waals surface area contributed by atoms with Crippen molar-refractivity contribution in [1.82, 2.24) is 10.2 Å². The Kier molecular flexibility index (Phi) is 12.0. The quantitative estimate of drug-likeness (QED) is 0.262. The van der Waals surface area contributed by atoms with Crippen LogP contribution in [0.15, 0.2) is 86.0 Å². The third-order valence-corrected chi connectivity index (χ3v) is 7.17. The van der Waals surface area contributed by atoms with Crippen LogP contribution in [0.1, 0.15) is 49.3 Å². The molecule has 0 aliphatic carbocycles. The van der Waals surface area contributed by atoms with Crippen molar-refractivity contribution in [2.75, 3.05) is 19.8 Å². The molecule has 0 aromatic heterocycles. The highest BCUT2D eigenvalue weighted by atomic mass is 16.5. The fourth-order valence-electron chi connectivity index (χ4n) is 5.01. The van der Waals surface area contributed by atoms with Gasteiger partial charge in [-0.15, -0.1) is 13.2 Å². The van der Waals surface area contributed by atoms with Crippen molar-refractivity contribution in [3.8, 4) is 0 Å². The van der Waals surface area contributed by atoms with E-state index in [0.29, 0.717) is 25.8 Å². The monoisotopic (exact) mass is 532 g/mol. The number of ether oxygens (including phenoxy) is 1. The molecule has 1 saturated heterocycles. The number of rotatable bonds is 15. The van der Waals surface area contributed by atoms with Crippen molar-refractivity contribution >= 4 is 17.8 Å². The first-order valence-electron chi connectivity index (χ1n) is 13.6. The number of carbonyl (C=O) groups excluding carboxylic acids is 3. The molecule has 7 nitrogen and oxygen atoms in total. The summed E-state index contributed by atoms with van der Waals surface area (Å²) in [6.07, 6.45) is 6.31. The van der Waals surface area contributed by atoms with Gasteiger partial charge in [0.25, 0.3) is 0 Å². The lowest BCUT2D eigenvalue weighted by molar-refractivity contribution is -0.150. The third-order valence-electron chi connectivity index (χ3n) is 7.17. The Labute approximate surface area is 231 Å². The lowest BCUT2D eigenvalue weighted by Crippen LogP contribution is -2.42. The number of aliphatic hydroxyl groups is 1. The van der Waals surface area contributed by atoms with Crippen molar-refractivity contribution in [3.05, 3.63) is 97.1 Å². The van der Waals surface area contributed by atoms with Crippen LogP contribution in [0, 0.1) is 11.8 Å². The highest BCUT2D eigenvalue weighted by Gasteiger charge is 2.32. The van der Waals surface area contributed by atoms with Crippen LogP contribution in [0.5, 0.6) is 0 Å². The van der Waals surface area contributed by atoms with Gasteiger partial charge in [-0.2, -0.15) is 0 Å². The zero-order chi connectivity index (χ0) is 28.0. The van der Waals surface area contributed by atoms with Crippen LogP contribution in [0.25, 0.3) is 0 Å². The number of likely N-dealkylation sites (tertiary alicyclic amines) is 1. The summed E-state index contributed by atoms with van der Waals surface area (Å²) in [7, 11) is 0. The summed E-state index contributed by atoms with van der Waals surface area (Å²) in [5.74, 6) is -1.81. The van der Waals surface area contributed by atoms with Gasteiger partial charge in [0.15, 0.2) is 0 Å². The van der Waals surface area contributed by atoms with Gasteiger partial charge in [-0.05, 0) is 43.2 Å². The molecule has 2 N–H and O–H groups in total. The number of benzene rings is 2. The first kappa shape index (κ1) is 29.8. The van der Waals surface area contributed by atoms with Crippen molar-refractivity contribution in [2.24, 2.45) is 11.8 Å². The summed E-state index contributed by atoms with van der Waals surface area (Å²) in [6.45, 7) is 8.02. The Bertz CT molecular complexity index is 1090. The minimum Gasteiger partial charge on any atom is -0.463 e. The van der Waals surface area contributed by atoms with Gasteiger partial charge in [0.1, 0.15) is 6.61 Å². The van der Waals surface area contributed by atoms with E-state index in [-0.39, 0.29) is 49.4 Å². The average Bonchev–Trinajstić information content (AvgIpc) is 3.45. The summed E-state index contributed by atoms with van der Waals surface area (Å²) in [4.78, 5) is 41.1. The van der Waals surface area contributed by atoms with Gasteiger partial charge in [-0.3, -0.25) is 14.4 Å². The fraction of sp³-hybridized carbons (Fsp3) is 0.406. The molecule has 0 bridgehead atoms. The van der Waals surface area contributed by atoms with Crippen LogP contribution in [-0.2, 0) is 25.5 Å². The van der Waals surface area contributed by atoms with E-state index >= 15 is 0 Å². The van der Waals surface area contributed by atoms with Gasteiger partial charge in [0.05, 0.1) is 30.5 Å². The Hall–Kier alpha value is -3.71. The first-order chi connectivity index (χ1) is 19.0. The molecule has 2 amide bonds. The first-order valence-corrected chi connectivity index (χ1v) is 13.6. The second-order valence-corrected chi connectivity index (χ2v) is 10.0. The topological polar surface area (TPSA) is 95.9 Å². The molecule has 1 aliphatic heterocycles. The van der Waals surface area contributed by atoms with Crippen molar-refractivity contribution in [1.29, 1.82) is 0 Å². The van der Waals surface area contributed by atoms with E-state index in [9.17, 15) is 19.5 Å². The number of carbonyl (C=O) groups is 3. The molecule has 208 valence electrons. The molecule has 2 aromatic rings. The molecule has 7 heteroatoms. The zero-order valence-electron chi connectivity index (χ0n) is 22.5. The fourth-order valence-corrected chi connectivity index (χ4v) is 5.01. The predicted molar refractivity (Wildman–Crippen MR) is 151 cm³/mol. The van der Waals surface area contributed by atoms with Crippen LogP contribution in [0.2, 0.25) is 0 Å². The SMILES string of the molecule is C=CC[C@@H](CC(=O)N1CCC[C@H]1CO)C(=O)N[C@H](COC(=O)[C@H](CC=C)Cc1ccccc1)c1ccccc1. The van der Waals surface area contributed by atoms with Crippen LogP contribution >= 0.6 is 0 Å². The van der Waals surface area contributed by atoms with E-state index in [0.717, 1.165) is 24.0 Å². The Balaban J connectivity index is 1.69. The predicted octanol–water partition coefficient (Wildman–Crippen LogP) is 4.39. The van der Waals surface area contributed by atoms with E-state index < -0.39 is 12.0 Å². The molecule has 0 radical (unpaired) electrons. The smallest absolute Gasteiger partial charge is 0.309 e. The molecule has 0 saturated carbocycles. The van der Waals surface area contributed by atoms with E-state index in [1.807, 2.05) is 60.7 Å². The van der Waals surface area contributed by atoms with Crippen LogP contribution in [0.3, 0.4) is 0 Å². The summed E-state index contributed by atoms with van der Waals surface area (Å²) in [5, 5.41) is 12.6. The van der Waals surface area contributed by atoms with Crippen LogP contribution < -0.4 is 5.32 Å². The van der Waals surface area contributed by atoms with E-state index in [4.69, 9.17) is 4.74 Å². The van der Waals surface area contributed by atoms with Gasteiger partial charge in [0.2, 0.25) is 11.8 Å².